The molecule has 0 aliphatic rings. The van der Waals surface area contributed by atoms with Crippen LogP contribution in [-0.4, -0.2) is 29.3 Å². The minimum atomic E-state index is -0.340. The number of benzene rings is 2. The zero-order valence-corrected chi connectivity index (χ0v) is 19.1. The van der Waals surface area contributed by atoms with Crippen molar-refractivity contribution in [3.63, 3.8) is 0 Å². The highest BCUT2D eigenvalue weighted by atomic mass is 16.5. The lowest BCUT2D eigenvalue weighted by Gasteiger charge is -2.08. The molecule has 0 bridgehead atoms. The number of fused-ring (bicyclic) bond motifs is 1. The van der Waals surface area contributed by atoms with Gasteiger partial charge in [0.25, 0.3) is 0 Å². The number of phenols is 1. The van der Waals surface area contributed by atoms with Crippen LogP contribution in [-0.2, 0) is 9.53 Å². The summed E-state index contributed by atoms with van der Waals surface area (Å²) in [5, 5.41) is 10.4. The molecule has 0 fully saturated rings. The molecule has 0 saturated carbocycles. The summed E-state index contributed by atoms with van der Waals surface area (Å²) in [6.45, 7) is 4.50. The number of hydrogen-bond donors (Lipinski definition) is 1. The number of oxazole rings is 1. The van der Waals surface area contributed by atoms with Crippen LogP contribution in [0.5, 0.6) is 11.5 Å². The molecule has 0 aliphatic carbocycles. The number of nitrogens with zero attached hydrogens (tertiary/aromatic N) is 1. The van der Waals surface area contributed by atoms with Crippen molar-refractivity contribution in [2.24, 2.45) is 0 Å². The van der Waals surface area contributed by atoms with Crippen molar-refractivity contribution in [2.45, 2.75) is 57.8 Å². The van der Waals surface area contributed by atoms with Gasteiger partial charge in [0.1, 0.15) is 17.0 Å². The highest BCUT2D eigenvalue weighted by Crippen LogP contribution is 2.33. The number of para-hydroxylation sites is 2. The number of rotatable bonds is 15. The van der Waals surface area contributed by atoms with Gasteiger partial charge >= 0.3 is 5.97 Å². The Hall–Kier alpha value is -3.28. The van der Waals surface area contributed by atoms with Crippen molar-refractivity contribution in [3.8, 4) is 23.0 Å². The molecule has 0 unspecified atom stereocenters. The van der Waals surface area contributed by atoms with E-state index in [9.17, 15) is 9.90 Å². The molecular weight excluding hydrogens is 418 g/mol. The number of hydrogen-bond acceptors (Lipinski definition) is 6. The van der Waals surface area contributed by atoms with Crippen molar-refractivity contribution in [1.82, 2.24) is 4.98 Å². The summed E-state index contributed by atoms with van der Waals surface area (Å²) < 4.78 is 16.5. The third kappa shape index (κ3) is 7.97. The van der Waals surface area contributed by atoms with E-state index in [1.54, 1.807) is 12.1 Å². The van der Waals surface area contributed by atoms with Gasteiger partial charge < -0.3 is 19.0 Å². The number of carbonyl (C=O) groups excluding carboxylic acids is 1. The van der Waals surface area contributed by atoms with E-state index in [1.165, 1.54) is 38.2 Å². The molecule has 0 spiro atoms. The van der Waals surface area contributed by atoms with Crippen molar-refractivity contribution >= 4 is 17.1 Å². The number of aromatic nitrogens is 1. The maximum atomic E-state index is 10.9. The molecule has 33 heavy (non-hydrogen) atoms. The number of unbranched alkanes of at least 4 members (excludes halogenated alkanes) is 8. The topological polar surface area (TPSA) is 81.8 Å². The number of phenolic OH excluding ortho intramolecular Hbond substituents is 1. The SMILES string of the molecule is C=CC(=O)OCCCCCCCCCCCOc1ccc(-c2nc3ccccc3o2)c(O)c1. The number of carbonyl (C=O) groups is 1. The molecule has 0 radical (unpaired) electrons. The molecular formula is C27H33NO5. The molecule has 6 nitrogen and oxygen atoms in total. The van der Waals surface area contributed by atoms with Gasteiger partial charge in [-0.1, -0.05) is 63.7 Å². The lowest BCUT2D eigenvalue weighted by Crippen LogP contribution is -2.01. The van der Waals surface area contributed by atoms with E-state index in [2.05, 4.69) is 11.6 Å². The molecule has 0 saturated heterocycles. The molecule has 6 heteroatoms. The maximum Gasteiger partial charge on any atom is 0.330 e. The van der Waals surface area contributed by atoms with Gasteiger partial charge in [0.15, 0.2) is 5.58 Å². The first-order valence-corrected chi connectivity index (χ1v) is 11.8. The summed E-state index contributed by atoms with van der Waals surface area (Å²) >= 11 is 0. The van der Waals surface area contributed by atoms with Crippen LogP contribution >= 0.6 is 0 Å². The van der Waals surface area contributed by atoms with Gasteiger partial charge in [-0.15, -0.1) is 0 Å². The third-order valence-electron chi connectivity index (χ3n) is 5.46. The monoisotopic (exact) mass is 451 g/mol. The van der Waals surface area contributed by atoms with Crippen LogP contribution in [0, 0.1) is 0 Å². The first-order chi connectivity index (χ1) is 16.2. The highest BCUT2D eigenvalue weighted by molar-refractivity contribution is 5.81. The van der Waals surface area contributed by atoms with Gasteiger partial charge in [-0.2, -0.15) is 0 Å². The molecule has 1 N–H and O–H groups in total. The zero-order chi connectivity index (χ0) is 23.3. The number of aromatic hydroxyl groups is 1. The molecule has 3 rings (SSSR count). The Bertz CT molecular complexity index is 993. The summed E-state index contributed by atoms with van der Waals surface area (Å²) in [6, 6.07) is 12.8. The molecule has 2 aromatic carbocycles. The van der Waals surface area contributed by atoms with Crippen LogP contribution in [0.4, 0.5) is 0 Å². The predicted octanol–water partition coefficient (Wildman–Crippen LogP) is 6.82. The van der Waals surface area contributed by atoms with Gasteiger partial charge in [-0.05, 0) is 37.1 Å². The Morgan fingerprint density at radius 2 is 1.61 bits per heavy atom. The van der Waals surface area contributed by atoms with Crippen LogP contribution < -0.4 is 4.74 Å². The smallest absolute Gasteiger partial charge is 0.330 e. The molecule has 176 valence electrons. The average molecular weight is 452 g/mol. The lowest BCUT2D eigenvalue weighted by atomic mass is 10.1. The van der Waals surface area contributed by atoms with Crippen molar-refractivity contribution in [3.05, 3.63) is 55.1 Å². The Morgan fingerprint density at radius 3 is 2.27 bits per heavy atom. The van der Waals surface area contributed by atoms with E-state index in [0.29, 0.717) is 36.0 Å². The zero-order valence-electron chi connectivity index (χ0n) is 19.1. The standard InChI is InChI=1S/C27H33NO5/c1-2-26(30)32-19-13-9-7-5-3-4-6-8-12-18-31-21-16-17-22(24(29)20-21)27-28-23-14-10-11-15-25(23)33-27/h2,10-11,14-17,20,29H,1,3-9,12-13,18-19H2. The Kier molecular flexibility index (Phi) is 9.83. The van der Waals surface area contributed by atoms with E-state index in [1.807, 2.05) is 30.3 Å². The van der Waals surface area contributed by atoms with Crippen LogP contribution in [0.15, 0.2) is 59.5 Å². The average Bonchev–Trinajstić information content (AvgIpc) is 3.25. The Balaban J connectivity index is 1.25. The minimum absolute atomic E-state index is 0.0953. The fourth-order valence-corrected chi connectivity index (χ4v) is 3.63. The van der Waals surface area contributed by atoms with Gasteiger partial charge in [-0.3, -0.25) is 0 Å². The minimum Gasteiger partial charge on any atom is -0.507 e. The van der Waals surface area contributed by atoms with Crippen LogP contribution in [0.2, 0.25) is 0 Å². The van der Waals surface area contributed by atoms with Gasteiger partial charge in [0, 0.05) is 12.1 Å². The molecule has 1 aromatic heterocycles. The normalized spacial score (nSPS) is 10.9. The van der Waals surface area contributed by atoms with Crippen molar-refractivity contribution in [2.75, 3.05) is 13.2 Å². The lowest BCUT2D eigenvalue weighted by molar-refractivity contribution is -0.137. The van der Waals surface area contributed by atoms with E-state index < -0.39 is 0 Å². The predicted molar refractivity (Wildman–Crippen MR) is 129 cm³/mol. The molecule has 1 heterocycles. The van der Waals surface area contributed by atoms with Crippen LogP contribution in [0.3, 0.4) is 0 Å². The number of ether oxygens (including phenoxy) is 2. The highest BCUT2D eigenvalue weighted by Gasteiger charge is 2.13. The largest absolute Gasteiger partial charge is 0.507 e. The Morgan fingerprint density at radius 1 is 0.939 bits per heavy atom. The summed E-state index contributed by atoms with van der Waals surface area (Å²) in [5.41, 5.74) is 2.01. The Labute approximate surface area is 195 Å². The second kappa shape index (κ2) is 13.3. The van der Waals surface area contributed by atoms with Gasteiger partial charge in [0.2, 0.25) is 5.89 Å². The van der Waals surface area contributed by atoms with E-state index >= 15 is 0 Å². The fraction of sp³-hybridized carbons (Fsp3) is 0.407. The van der Waals surface area contributed by atoms with Crippen LogP contribution in [0.1, 0.15) is 57.8 Å². The third-order valence-corrected chi connectivity index (χ3v) is 5.46. The van der Waals surface area contributed by atoms with E-state index in [-0.39, 0.29) is 11.7 Å². The maximum absolute atomic E-state index is 10.9. The van der Waals surface area contributed by atoms with Gasteiger partial charge in [0.05, 0.1) is 18.8 Å². The molecule has 0 amide bonds. The molecule has 3 aromatic rings. The first kappa shape index (κ1) is 24.4. The summed E-state index contributed by atoms with van der Waals surface area (Å²) in [4.78, 5) is 15.3. The summed E-state index contributed by atoms with van der Waals surface area (Å²) in [7, 11) is 0. The van der Waals surface area contributed by atoms with E-state index in [4.69, 9.17) is 13.9 Å². The second-order valence-corrected chi connectivity index (χ2v) is 8.07. The summed E-state index contributed by atoms with van der Waals surface area (Å²) in [5.74, 6) is 0.799. The first-order valence-electron chi connectivity index (χ1n) is 11.8. The van der Waals surface area contributed by atoms with Crippen molar-refractivity contribution < 1.29 is 23.8 Å². The quantitative estimate of drug-likeness (QED) is 0.155. The second-order valence-electron chi connectivity index (χ2n) is 8.07. The van der Waals surface area contributed by atoms with Crippen LogP contribution in [0.25, 0.3) is 22.6 Å². The summed E-state index contributed by atoms with van der Waals surface area (Å²) in [6.07, 6.45) is 11.4. The van der Waals surface area contributed by atoms with Crippen molar-refractivity contribution in [1.29, 1.82) is 0 Å². The van der Waals surface area contributed by atoms with Gasteiger partial charge in [-0.25, -0.2) is 9.78 Å². The fourth-order valence-electron chi connectivity index (χ4n) is 3.63. The number of esters is 1. The van der Waals surface area contributed by atoms with E-state index in [0.717, 1.165) is 31.2 Å². The molecule has 0 atom stereocenters. The molecule has 0 aliphatic heterocycles.